The fourth-order valence-corrected chi connectivity index (χ4v) is 10.8. The zero-order chi connectivity index (χ0) is 60.1. The van der Waals surface area contributed by atoms with Gasteiger partial charge in [-0.25, -0.2) is 9.13 Å². The minimum Gasteiger partial charge on any atom is -0.462 e. The molecule has 0 amide bonds. The number of hydrogen-bond donors (Lipinski definition) is 3. The molecule has 3 N–H and O–H groups in total. The number of aliphatic hydroxyl groups excluding tert-OH is 1. The maximum Gasteiger partial charge on any atom is 0.472 e. The Kier molecular flexibility index (Phi) is 53.4. The van der Waals surface area contributed by atoms with Crippen molar-refractivity contribution >= 4 is 39.5 Å². The van der Waals surface area contributed by atoms with Gasteiger partial charge >= 0.3 is 39.5 Å². The summed E-state index contributed by atoms with van der Waals surface area (Å²) in [6.45, 7) is 9.24. The van der Waals surface area contributed by atoms with Crippen molar-refractivity contribution in [3.8, 4) is 0 Å². The number of esters is 4. The highest BCUT2D eigenvalue weighted by molar-refractivity contribution is 7.47. The van der Waals surface area contributed by atoms with Crippen LogP contribution in [0, 0.1) is 11.8 Å². The standard InChI is InChI=1S/C62H120O17P2/c1-7-9-11-13-14-15-16-17-18-19-20-21-22-23-26-34-40-46-61(66)78-58(51-73-60(65)45-39-33-27-24-25-31-36-42-54(3)4)53-77-81(70,71)75-49-56(63)48-74-80(68,69)76-52-57(50-72-59(64)44-38-30-12-10-8-2)79-62(67)47-41-35-29-28-32-37-43-55(5)6/h54-58,63H,7-53H2,1-6H3,(H,68,69)(H,70,71)/t56-,57+,58+/m0/s1. The highest BCUT2D eigenvalue weighted by atomic mass is 31.2. The molecule has 0 saturated carbocycles. The summed E-state index contributed by atoms with van der Waals surface area (Å²) in [6, 6.07) is 0. The van der Waals surface area contributed by atoms with Gasteiger partial charge in [-0.3, -0.25) is 37.3 Å². The molecule has 0 aliphatic carbocycles. The molecule has 0 radical (unpaired) electrons. The van der Waals surface area contributed by atoms with Crippen molar-refractivity contribution in [3.05, 3.63) is 0 Å². The molecule has 0 aromatic rings. The van der Waals surface area contributed by atoms with Crippen molar-refractivity contribution in [1.29, 1.82) is 0 Å². The maximum absolute atomic E-state index is 12.9. The number of carbonyl (C=O) groups is 4. The van der Waals surface area contributed by atoms with Crippen LogP contribution in [0.5, 0.6) is 0 Å². The van der Waals surface area contributed by atoms with Crippen LogP contribution in [-0.4, -0.2) is 96.7 Å². The first-order valence-corrected chi connectivity index (χ1v) is 35.5. The van der Waals surface area contributed by atoms with Gasteiger partial charge < -0.3 is 33.8 Å². The Bertz CT molecular complexity index is 1600. The van der Waals surface area contributed by atoms with Gasteiger partial charge in [0.1, 0.15) is 19.3 Å². The smallest absolute Gasteiger partial charge is 0.462 e. The monoisotopic (exact) mass is 1200 g/mol. The average molecular weight is 1200 g/mol. The Morgan fingerprint density at radius 2 is 0.568 bits per heavy atom. The van der Waals surface area contributed by atoms with Gasteiger partial charge in [0.15, 0.2) is 12.2 Å². The van der Waals surface area contributed by atoms with Crippen molar-refractivity contribution in [1.82, 2.24) is 0 Å². The quantitative estimate of drug-likeness (QED) is 0.0222. The average Bonchev–Trinajstić information content (AvgIpc) is 3.42. The van der Waals surface area contributed by atoms with Crippen LogP contribution in [0.15, 0.2) is 0 Å². The predicted octanol–water partition coefficient (Wildman–Crippen LogP) is 16.9. The molecular formula is C62H120O17P2. The lowest BCUT2D eigenvalue weighted by Crippen LogP contribution is -2.30. The first-order valence-electron chi connectivity index (χ1n) is 32.5. The molecule has 0 saturated heterocycles. The number of unbranched alkanes of at least 4 members (excludes halogenated alkanes) is 31. The van der Waals surface area contributed by atoms with Crippen molar-refractivity contribution < 1.29 is 80.2 Å². The second kappa shape index (κ2) is 54.7. The first-order chi connectivity index (χ1) is 38.9. The summed E-state index contributed by atoms with van der Waals surface area (Å²) in [7, 11) is -9.87. The predicted molar refractivity (Wildman–Crippen MR) is 321 cm³/mol. The molecule has 17 nitrogen and oxygen atoms in total. The van der Waals surface area contributed by atoms with E-state index in [0.717, 1.165) is 103 Å². The molecule has 2 unspecified atom stereocenters. The Labute approximate surface area is 492 Å². The van der Waals surface area contributed by atoms with Gasteiger partial charge in [-0.05, 0) is 37.5 Å². The molecule has 81 heavy (non-hydrogen) atoms. The number of hydrogen-bond acceptors (Lipinski definition) is 15. The molecule has 5 atom stereocenters. The third-order valence-electron chi connectivity index (χ3n) is 14.2. The summed E-state index contributed by atoms with van der Waals surface area (Å²) in [5, 5.41) is 10.5. The summed E-state index contributed by atoms with van der Waals surface area (Å²) < 4.78 is 67.7. The minimum absolute atomic E-state index is 0.101. The van der Waals surface area contributed by atoms with Crippen molar-refractivity contribution in [2.45, 2.75) is 323 Å². The van der Waals surface area contributed by atoms with Gasteiger partial charge in [0, 0.05) is 25.7 Å². The summed E-state index contributed by atoms with van der Waals surface area (Å²) >= 11 is 0. The third kappa shape index (κ3) is 56.9. The Morgan fingerprint density at radius 1 is 0.333 bits per heavy atom. The van der Waals surface area contributed by atoms with Crippen molar-refractivity contribution in [2.24, 2.45) is 11.8 Å². The van der Waals surface area contributed by atoms with E-state index in [2.05, 4.69) is 41.5 Å². The highest BCUT2D eigenvalue weighted by Gasteiger charge is 2.30. The van der Waals surface area contributed by atoms with E-state index >= 15 is 0 Å². The molecule has 0 aliphatic heterocycles. The van der Waals surface area contributed by atoms with Crippen LogP contribution < -0.4 is 0 Å². The summed E-state index contributed by atoms with van der Waals surface area (Å²) in [6.07, 6.45) is 36.9. The molecule has 0 aromatic heterocycles. The normalized spacial score (nSPS) is 14.4. The molecule has 480 valence electrons. The van der Waals surface area contributed by atoms with Crippen molar-refractivity contribution in [3.63, 3.8) is 0 Å². The zero-order valence-electron chi connectivity index (χ0n) is 52.1. The Balaban J connectivity index is 5.14. The van der Waals surface area contributed by atoms with Crippen LogP contribution in [-0.2, 0) is 65.4 Å². The summed E-state index contributed by atoms with van der Waals surface area (Å²) in [4.78, 5) is 71.8. The highest BCUT2D eigenvalue weighted by Crippen LogP contribution is 2.45. The molecule has 0 fully saturated rings. The minimum atomic E-state index is -4.94. The van der Waals surface area contributed by atoms with E-state index in [4.69, 9.17) is 37.0 Å². The van der Waals surface area contributed by atoms with Gasteiger partial charge in [0.25, 0.3) is 0 Å². The van der Waals surface area contributed by atoms with E-state index in [0.29, 0.717) is 37.5 Å². The number of phosphoric acid groups is 2. The van der Waals surface area contributed by atoms with Crippen LogP contribution in [0.25, 0.3) is 0 Å². The molecule has 19 heteroatoms. The van der Waals surface area contributed by atoms with Crippen LogP contribution >= 0.6 is 15.6 Å². The first kappa shape index (κ1) is 79.1. The number of ether oxygens (including phenoxy) is 4. The van der Waals surface area contributed by atoms with E-state index in [9.17, 15) is 43.2 Å². The molecular weight excluding hydrogens is 1080 g/mol. The lowest BCUT2D eigenvalue weighted by atomic mass is 10.0. The van der Waals surface area contributed by atoms with E-state index < -0.39 is 97.5 Å². The Hall–Kier alpha value is -1.94. The SMILES string of the molecule is CCCCCCCCCCCCCCCCCCCC(=O)O[C@H](COC(=O)CCCCCCCCCC(C)C)COP(=O)(O)OC[C@@H](O)COP(=O)(O)OC[C@@H](COC(=O)CCCCCCC)OC(=O)CCCCCCCCC(C)C. The lowest BCUT2D eigenvalue weighted by Gasteiger charge is -2.21. The van der Waals surface area contributed by atoms with E-state index in [1.807, 2.05) is 0 Å². The second-order valence-electron chi connectivity index (χ2n) is 23.4. The Morgan fingerprint density at radius 3 is 0.840 bits per heavy atom. The van der Waals surface area contributed by atoms with Gasteiger partial charge in [0.05, 0.1) is 26.4 Å². The van der Waals surface area contributed by atoms with Gasteiger partial charge in [-0.15, -0.1) is 0 Å². The van der Waals surface area contributed by atoms with Crippen LogP contribution in [0.2, 0.25) is 0 Å². The molecule has 0 rings (SSSR count). The number of phosphoric ester groups is 2. The van der Waals surface area contributed by atoms with E-state index in [-0.39, 0.29) is 25.7 Å². The number of aliphatic hydroxyl groups is 1. The molecule has 0 aromatic carbocycles. The second-order valence-corrected chi connectivity index (χ2v) is 26.3. The zero-order valence-corrected chi connectivity index (χ0v) is 53.9. The topological polar surface area (TPSA) is 237 Å². The molecule has 0 aliphatic rings. The maximum atomic E-state index is 12.9. The van der Waals surface area contributed by atoms with Gasteiger partial charge in [-0.1, -0.05) is 253 Å². The summed E-state index contributed by atoms with van der Waals surface area (Å²) in [5.74, 6) is -0.777. The van der Waals surface area contributed by atoms with Gasteiger partial charge in [0.2, 0.25) is 0 Å². The van der Waals surface area contributed by atoms with Gasteiger partial charge in [-0.2, -0.15) is 0 Å². The van der Waals surface area contributed by atoms with E-state index in [1.165, 1.54) is 109 Å². The van der Waals surface area contributed by atoms with Crippen LogP contribution in [0.4, 0.5) is 0 Å². The fraction of sp³-hybridized carbons (Fsp3) is 0.935. The molecule has 0 bridgehead atoms. The van der Waals surface area contributed by atoms with E-state index in [1.54, 1.807) is 0 Å². The summed E-state index contributed by atoms with van der Waals surface area (Å²) in [5.41, 5.74) is 0. The lowest BCUT2D eigenvalue weighted by molar-refractivity contribution is -0.161. The van der Waals surface area contributed by atoms with Crippen LogP contribution in [0.1, 0.15) is 305 Å². The number of rotatable bonds is 61. The number of carbonyl (C=O) groups excluding carboxylic acids is 4. The van der Waals surface area contributed by atoms with Crippen LogP contribution in [0.3, 0.4) is 0 Å². The van der Waals surface area contributed by atoms with Crippen molar-refractivity contribution in [2.75, 3.05) is 39.6 Å². The fourth-order valence-electron chi connectivity index (χ4n) is 9.18. The largest absolute Gasteiger partial charge is 0.472 e. The molecule has 0 heterocycles. The molecule has 0 spiro atoms. The third-order valence-corrected chi connectivity index (χ3v) is 16.1.